The number of rotatable bonds is 1. The zero-order valence-corrected chi connectivity index (χ0v) is 7.52. The first kappa shape index (κ1) is 8.67. The predicted octanol–water partition coefficient (Wildman–Crippen LogP) is 2.26. The molecule has 0 aromatic heterocycles. The van der Waals surface area contributed by atoms with Gasteiger partial charge in [0.05, 0.1) is 0 Å². The van der Waals surface area contributed by atoms with Gasteiger partial charge in [-0.05, 0) is 17.5 Å². The van der Waals surface area contributed by atoms with E-state index in [9.17, 15) is 0 Å². The summed E-state index contributed by atoms with van der Waals surface area (Å²) in [6, 6.07) is 5.66. The van der Waals surface area contributed by atoms with E-state index in [1.54, 1.807) is 6.07 Å². The van der Waals surface area contributed by atoms with Gasteiger partial charge in [-0.1, -0.05) is 43.0 Å². The molecule has 0 N–H and O–H groups in total. The number of benzene rings is 1. The molecule has 0 bridgehead atoms. The Balaban J connectivity index is 3.08. The maximum atomic E-state index is 5.81. The summed E-state index contributed by atoms with van der Waals surface area (Å²) < 4.78 is 0. The molecule has 0 spiro atoms. The van der Waals surface area contributed by atoms with Gasteiger partial charge in [-0.15, -0.1) is 0 Å². The van der Waals surface area contributed by atoms with Crippen LogP contribution in [-0.2, 0) is 0 Å². The first-order chi connectivity index (χ1) is 5.09. The van der Waals surface area contributed by atoms with Crippen LogP contribution in [0.5, 0.6) is 0 Å². The summed E-state index contributed by atoms with van der Waals surface area (Å²) >= 11 is 5.81. The highest BCUT2D eigenvalue weighted by molar-refractivity contribution is 6.36. The Morgan fingerprint density at radius 2 is 1.91 bits per heavy atom. The Labute approximate surface area is 74.0 Å². The topological polar surface area (TPSA) is 0 Å². The Morgan fingerprint density at radius 1 is 1.27 bits per heavy atom. The van der Waals surface area contributed by atoms with Gasteiger partial charge in [0.15, 0.2) is 0 Å². The van der Waals surface area contributed by atoms with Crippen LogP contribution in [0.15, 0.2) is 18.2 Å². The molecule has 0 aliphatic rings. The third kappa shape index (κ3) is 2.26. The SMILES string of the molecule is [B]c1cc(Cl)cc(C(C)C)c1. The maximum absolute atomic E-state index is 5.81. The van der Waals surface area contributed by atoms with E-state index in [-0.39, 0.29) is 0 Å². The molecule has 0 atom stereocenters. The van der Waals surface area contributed by atoms with E-state index in [1.165, 1.54) is 5.56 Å². The highest BCUT2D eigenvalue weighted by Gasteiger charge is 1.99. The minimum Gasteiger partial charge on any atom is -0.0949 e. The Hall–Kier alpha value is -0.425. The molecule has 1 aromatic rings. The van der Waals surface area contributed by atoms with Crippen LogP contribution in [-0.4, -0.2) is 7.85 Å². The van der Waals surface area contributed by atoms with E-state index in [0.717, 1.165) is 5.46 Å². The number of halogens is 1. The van der Waals surface area contributed by atoms with Crippen molar-refractivity contribution < 1.29 is 0 Å². The third-order valence-corrected chi connectivity index (χ3v) is 1.83. The van der Waals surface area contributed by atoms with Crippen molar-refractivity contribution in [2.45, 2.75) is 19.8 Å². The van der Waals surface area contributed by atoms with Gasteiger partial charge in [0.1, 0.15) is 7.85 Å². The Bertz CT molecular complexity index is 235. The fraction of sp³-hybridized carbons (Fsp3) is 0.333. The third-order valence-electron chi connectivity index (χ3n) is 1.61. The first-order valence-electron chi connectivity index (χ1n) is 3.65. The monoisotopic (exact) mass is 164 g/mol. The summed E-state index contributed by atoms with van der Waals surface area (Å²) in [6.07, 6.45) is 0. The van der Waals surface area contributed by atoms with Crippen molar-refractivity contribution >= 4 is 24.9 Å². The fourth-order valence-electron chi connectivity index (χ4n) is 0.969. The first-order valence-corrected chi connectivity index (χ1v) is 4.03. The lowest BCUT2D eigenvalue weighted by Crippen LogP contribution is -2.03. The van der Waals surface area contributed by atoms with Crippen LogP contribution in [0.25, 0.3) is 0 Å². The summed E-state index contributed by atoms with van der Waals surface area (Å²) in [7, 11) is 5.61. The second-order valence-electron chi connectivity index (χ2n) is 2.97. The average molecular weight is 164 g/mol. The highest BCUT2D eigenvalue weighted by atomic mass is 35.5. The van der Waals surface area contributed by atoms with Crippen molar-refractivity contribution in [2.75, 3.05) is 0 Å². The van der Waals surface area contributed by atoms with Crippen molar-refractivity contribution in [3.05, 3.63) is 28.8 Å². The van der Waals surface area contributed by atoms with E-state index < -0.39 is 0 Å². The molecule has 0 aliphatic heterocycles. The normalized spacial score (nSPS) is 10.5. The zero-order valence-electron chi connectivity index (χ0n) is 6.76. The fourth-order valence-corrected chi connectivity index (χ4v) is 1.22. The van der Waals surface area contributed by atoms with Crippen LogP contribution in [0.1, 0.15) is 25.3 Å². The molecular formula is C9H10BCl. The molecule has 0 fully saturated rings. The molecule has 0 heterocycles. The molecule has 0 unspecified atom stereocenters. The smallest absolute Gasteiger partial charge is 0.0949 e. The predicted molar refractivity (Wildman–Crippen MR) is 50.9 cm³/mol. The molecule has 2 heteroatoms. The van der Waals surface area contributed by atoms with Gasteiger partial charge in [0.25, 0.3) is 0 Å². The van der Waals surface area contributed by atoms with Crippen molar-refractivity contribution in [1.82, 2.24) is 0 Å². The quantitative estimate of drug-likeness (QED) is 0.559. The molecular weight excluding hydrogens is 154 g/mol. The van der Waals surface area contributed by atoms with E-state index in [2.05, 4.69) is 13.8 Å². The van der Waals surface area contributed by atoms with Crippen LogP contribution in [0.4, 0.5) is 0 Å². The molecule has 2 radical (unpaired) electrons. The van der Waals surface area contributed by atoms with Gasteiger partial charge >= 0.3 is 0 Å². The van der Waals surface area contributed by atoms with Crippen LogP contribution in [0.2, 0.25) is 5.02 Å². The van der Waals surface area contributed by atoms with Gasteiger partial charge in [-0.25, -0.2) is 0 Å². The van der Waals surface area contributed by atoms with Gasteiger partial charge in [0, 0.05) is 5.02 Å². The summed E-state index contributed by atoms with van der Waals surface area (Å²) in [5.74, 6) is 0.482. The minimum absolute atomic E-state index is 0.482. The standard InChI is InChI=1S/C9H10BCl/c1-6(2)7-3-8(10)5-9(11)4-7/h3-6H,1-2H3. The minimum atomic E-state index is 0.482. The summed E-state index contributed by atoms with van der Waals surface area (Å²) in [5.41, 5.74) is 1.93. The lowest BCUT2D eigenvalue weighted by molar-refractivity contribution is 0.868. The molecule has 56 valence electrons. The molecule has 0 saturated heterocycles. The molecule has 0 amide bonds. The lowest BCUT2D eigenvalue weighted by Gasteiger charge is -2.06. The Morgan fingerprint density at radius 3 is 2.36 bits per heavy atom. The van der Waals surface area contributed by atoms with Gasteiger partial charge in [-0.3, -0.25) is 0 Å². The number of hydrogen-bond acceptors (Lipinski definition) is 0. The average Bonchev–Trinajstić information content (AvgIpc) is 1.85. The molecule has 0 nitrogen and oxygen atoms in total. The van der Waals surface area contributed by atoms with Crippen LogP contribution < -0.4 is 5.46 Å². The van der Waals surface area contributed by atoms with E-state index in [4.69, 9.17) is 19.4 Å². The van der Waals surface area contributed by atoms with Crippen molar-refractivity contribution in [3.8, 4) is 0 Å². The lowest BCUT2D eigenvalue weighted by atomic mass is 9.91. The summed E-state index contributed by atoms with van der Waals surface area (Å²) in [6.45, 7) is 4.23. The van der Waals surface area contributed by atoms with E-state index in [1.807, 2.05) is 12.1 Å². The van der Waals surface area contributed by atoms with Crippen molar-refractivity contribution in [2.24, 2.45) is 0 Å². The van der Waals surface area contributed by atoms with Crippen LogP contribution in [0.3, 0.4) is 0 Å². The van der Waals surface area contributed by atoms with Crippen LogP contribution in [0, 0.1) is 0 Å². The molecule has 0 saturated carbocycles. The van der Waals surface area contributed by atoms with Gasteiger partial charge in [-0.2, -0.15) is 0 Å². The molecule has 1 aromatic carbocycles. The highest BCUT2D eigenvalue weighted by Crippen LogP contribution is 2.16. The Kier molecular flexibility index (Phi) is 2.61. The van der Waals surface area contributed by atoms with Crippen molar-refractivity contribution in [3.63, 3.8) is 0 Å². The molecule has 0 aliphatic carbocycles. The van der Waals surface area contributed by atoms with Crippen LogP contribution >= 0.6 is 11.6 Å². The second kappa shape index (κ2) is 3.31. The molecule has 1 rings (SSSR count). The largest absolute Gasteiger partial charge is 0.113 e. The van der Waals surface area contributed by atoms with Gasteiger partial charge < -0.3 is 0 Å². The van der Waals surface area contributed by atoms with Crippen molar-refractivity contribution in [1.29, 1.82) is 0 Å². The second-order valence-corrected chi connectivity index (χ2v) is 3.41. The summed E-state index contributed by atoms with van der Waals surface area (Å²) in [4.78, 5) is 0. The van der Waals surface area contributed by atoms with Gasteiger partial charge in [0.2, 0.25) is 0 Å². The maximum Gasteiger partial charge on any atom is 0.113 e. The number of hydrogen-bond donors (Lipinski definition) is 0. The van der Waals surface area contributed by atoms with E-state index in [0.29, 0.717) is 10.9 Å². The summed E-state index contributed by atoms with van der Waals surface area (Å²) in [5, 5.41) is 0.716. The zero-order chi connectivity index (χ0) is 8.43. The molecule has 11 heavy (non-hydrogen) atoms. The van der Waals surface area contributed by atoms with E-state index >= 15 is 0 Å².